The second-order valence-corrected chi connectivity index (χ2v) is 4.73. The highest BCUT2D eigenvalue weighted by Gasteiger charge is 2.31. The number of carbonyl (C=O) groups is 1. The Balaban J connectivity index is 1.99. The first kappa shape index (κ1) is 13.8. The lowest BCUT2D eigenvalue weighted by atomic mass is 10.2. The monoisotopic (exact) mass is 267 g/mol. The van der Waals surface area contributed by atoms with Gasteiger partial charge in [0, 0.05) is 12.6 Å². The minimum absolute atomic E-state index is 0.0293. The van der Waals surface area contributed by atoms with Crippen LogP contribution < -0.4 is 4.74 Å². The van der Waals surface area contributed by atoms with E-state index in [1.807, 2.05) is 0 Å². The Hall–Kier alpha value is -1.62. The van der Waals surface area contributed by atoms with Crippen LogP contribution in [0.25, 0.3) is 0 Å². The maximum Gasteiger partial charge on any atom is 0.263 e. The summed E-state index contributed by atoms with van der Waals surface area (Å²) in [6, 6.07) is 5.60. The summed E-state index contributed by atoms with van der Waals surface area (Å²) in [7, 11) is 0. The maximum absolute atomic E-state index is 13.0. The molecule has 4 nitrogen and oxygen atoms in total. The summed E-state index contributed by atoms with van der Waals surface area (Å²) < 4.78 is 18.5. The van der Waals surface area contributed by atoms with Crippen LogP contribution in [0.5, 0.6) is 5.75 Å². The summed E-state index contributed by atoms with van der Waals surface area (Å²) in [5.74, 6) is -0.229. The standard InChI is InChI=1S/C14H18FNO3/c1-10(19-13-6-2-4-11(15)8-13)14(18)16-7-3-5-12(16)9-17/h2,4,6,8,10,12,17H,3,5,7,9H2,1H3. The molecule has 1 aromatic rings. The van der Waals surface area contributed by atoms with Crippen LogP contribution in [0.4, 0.5) is 4.39 Å². The van der Waals surface area contributed by atoms with Crippen molar-refractivity contribution in [2.75, 3.05) is 13.2 Å². The Morgan fingerprint density at radius 3 is 3.11 bits per heavy atom. The number of aliphatic hydroxyl groups excluding tert-OH is 1. The highest BCUT2D eigenvalue weighted by molar-refractivity contribution is 5.81. The molecule has 1 heterocycles. The number of benzene rings is 1. The van der Waals surface area contributed by atoms with Crippen molar-refractivity contribution < 1.29 is 19.0 Å². The second kappa shape index (κ2) is 6.02. The lowest BCUT2D eigenvalue weighted by molar-refractivity contribution is -0.139. The molecule has 1 fully saturated rings. The molecular weight excluding hydrogens is 249 g/mol. The highest BCUT2D eigenvalue weighted by Crippen LogP contribution is 2.20. The molecule has 1 amide bonds. The van der Waals surface area contributed by atoms with Crippen LogP contribution in [-0.4, -0.2) is 41.2 Å². The van der Waals surface area contributed by atoms with Gasteiger partial charge in [-0.05, 0) is 31.9 Å². The third-order valence-corrected chi connectivity index (χ3v) is 3.33. The van der Waals surface area contributed by atoms with Crippen LogP contribution in [0.1, 0.15) is 19.8 Å². The van der Waals surface area contributed by atoms with Gasteiger partial charge in [-0.2, -0.15) is 0 Å². The van der Waals surface area contributed by atoms with Crippen molar-refractivity contribution in [3.05, 3.63) is 30.1 Å². The third kappa shape index (κ3) is 3.23. The summed E-state index contributed by atoms with van der Waals surface area (Å²) >= 11 is 0. The average Bonchev–Trinajstić information content (AvgIpc) is 2.86. The Kier molecular flexibility index (Phi) is 4.37. The van der Waals surface area contributed by atoms with Gasteiger partial charge in [0.15, 0.2) is 6.10 Å². The molecule has 0 aromatic heterocycles. The average molecular weight is 267 g/mol. The van der Waals surface area contributed by atoms with Crippen molar-refractivity contribution in [2.45, 2.75) is 31.9 Å². The Bertz CT molecular complexity index is 452. The zero-order valence-corrected chi connectivity index (χ0v) is 10.9. The first-order valence-electron chi connectivity index (χ1n) is 6.45. The molecule has 19 heavy (non-hydrogen) atoms. The first-order chi connectivity index (χ1) is 9.11. The molecule has 1 saturated heterocycles. The third-order valence-electron chi connectivity index (χ3n) is 3.33. The molecule has 0 spiro atoms. The van der Waals surface area contributed by atoms with Crippen LogP contribution >= 0.6 is 0 Å². The van der Waals surface area contributed by atoms with E-state index in [0.29, 0.717) is 12.3 Å². The van der Waals surface area contributed by atoms with Gasteiger partial charge in [-0.1, -0.05) is 6.07 Å². The summed E-state index contributed by atoms with van der Waals surface area (Å²) in [4.78, 5) is 13.8. The molecule has 2 unspecified atom stereocenters. The quantitative estimate of drug-likeness (QED) is 0.901. The van der Waals surface area contributed by atoms with Crippen LogP contribution in [0.2, 0.25) is 0 Å². The Morgan fingerprint density at radius 2 is 2.42 bits per heavy atom. The molecule has 1 N–H and O–H groups in total. The molecule has 1 aliphatic heterocycles. The molecule has 1 aliphatic rings. The van der Waals surface area contributed by atoms with E-state index < -0.39 is 11.9 Å². The molecular formula is C14H18FNO3. The van der Waals surface area contributed by atoms with Gasteiger partial charge in [-0.15, -0.1) is 0 Å². The fraction of sp³-hybridized carbons (Fsp3) is 0.500. The van der Waals surface area contributed by atoms with Gasteiger partial charge >= 0.3 is 0 Å². The van der Waals surface area contributed by atoms with Gasteiger partial charge < -0.3 is 14.7 Å². The van der Waals surface area contributed by atoms with Crippen molar-refractivity contribution in [1.82, 2.24) is 4.90 Å². The van der Waals surface area contributed by atoms with Crippen LogP contribution in [0.15, 0.2) is 24.3 Å². The molecule has 2 atom stereocenters. The smallest absolute Gasteiger partial charge is 0.263 e. The molecule has 104 valence electrons. The fourth-order valence-electron chi connectivity index (χ4n) is 2.34. The predicted octanol–water partition coefficient (Wildman–Crippen LogP) is 1.58. The topological polar surface area (TPSA) is 49.8 Å². The predicted molar refractivity (Wildman–Crippen MR) is 68.3 cm³/mol. The molecule has 0 saturated carbocycles. The van der Waals surface area contributed by atoms with Crippen molar-refractivity contribution >= 4 is 5.91 Å². The molecule has 2 rings (SSSR count). The van der Waals surface area contributed by atoms with Crippen molar-refractivity contribution in [1.29, 1.82) is 0 Å². The summed E-state index contributed by atoms with van der Waals surface area (Å²) in [6.45, 7) is 2.25. The zero-order chi connectivity index (χ0) is 13.8. The largest absolute Gasteiger partial charge is 0.481 e. The lowest BCUT2D eigenvalue weighted by Crippen LogP contribution is -2.44. The van der Waals surface area contributed by atoms with E-state index in [1.165, 1.54) is 18.2 Å². The van der Waals surface area contributed by atoms with E-state index >= 15 is 0 Å². The molecule has 5 heteroatoms. The van der Waals surface area contributed by atoms with E-state index in [2.05, 4.69) is 0 Å². The summed E-state index contributed by atoms with van der Waals surface area (Å²) in [5, 5.41) is 9.21. The van der Waals surface area contributed by atoms with Crippen molar-refractivity contribution in [3.63, 3.8) is 0 Å². The number of aliphatic hydroxyl groups is 1. The number of halogens is 1. The zero-order valence-electron chi connectivity index (χ0n) is 10.9. The van der Waals surface area contributed by atoms with Crippen LogP contribution in [-0.2, 0) is 4.79 Å². The SMILES string of the molecule is CC(Oc1cccc(F)c1)C(=O)N1CCCC1CO. The molecule has 0 radical (unpaired) electrons. The van der Waals surface area contributed by atoms with Gasteiger partial charge in [-0.3, -0.25) is 4.79 Å². The number of rotatable bonds is 4. The number of hydrogen-bond donors (Lipinski definition) is 1. The van der Waals surface area contributed by atoms with E-state index in [1.54, 1.807) is 17.9 Å². The fourth-order valence-corrected chi connectivity index (χ4v) is 2.34. The Morgan fingerprint density at radius 1 is 1.63 bits per heavy atom. The van der Waals surface area contributed by atoms with Gasteiger partial charge in [-0.25, -0.2) is 4.39 Å². The summed E-state index contributed by atoms with van der Waals surface area (Å²) in [5.41, 5.74) is 0. The Labute approximate surface area is 111 Å². The maximum atomic E-state index is 13.0. The molecule has 1 aromatic carbocycles. The summed E-state index contributed by atoms with van der Waals surface area (Å²) in [6.07, 6.45) is 1.02. The van der Waals surface area contributed by atoms with Gasteiger partial charge in [0.05, 0.1) is 12.6 Å². The second-order valence-electron chi connectivity index (χ2n) is 4.73. The minimum atomic E-state index is -0.686. The van der Waals surface area contributed by atoms with E-state index in [-0.39, 0.29) is 18.6 Å². The van der Waals surface area contributed by atoms with Gasteiger partial charge in [0.2, 0.25) is 0 Å². The van der Waals surface area contributed by atoms with Crippen LogP contribution in [0.3, 0.4) is 0 Å². The first-order valence-corrected chi connectivity index (χ1v) is 6.45. The lowest BCUT2D eigenvalue weighted by Gasteiger charge is -2.26. The van der Waals surface area contributed by atoms with Crippen molar-refractivity contribution in [3.8, 4) is 5.75 Å². The van der Waals surface area contributed by atoms with Crippen molar-refractivity contribution in [2.24, 2.45) is 0 Å². The number of hydrogen-bond acceptors (Lipinski definition) is 3. The van der Waals surface area contributed by atoms with E-state index in [9.17, 15) is 14.3 Å². The molecule has 0 bridgehead atoms. The number of ether oxygens (including phenoxy) is 1. The number of likely N-dealkylation sites (tertiary alicyclic amines) is 1. The highest BCUT2D eigenvalue weighted by atomic mass is 19.1. The van der Waals surface area contributed by atoms with Crippen LogP contribution in [0, 0.1) is 5.82 Å². The number of amides is 1. The van der Waals surface area contributed by atoms with Gasteiger partial charge in [0.25, 0.3) is 5.91 Å². The van der Waals surface area contributed by atoms with E-state index in [0.717, 1.165) is 12.8 Å². The van der Waals surface area contributed by atoms with E-state index in [4.69, 9.17) is 4.74 Å². The normalized spacial score (nSPS) is 20.4. The minimum Gasteiger partial charge on any atom is -0.481 e. The number of nitrogens with zero attached hydrogens (tertiary/aromatic N) is 1. The van der Waals surface area contributed by atoms with Gasteiger partial charge in [0.1, 0.15) is 11.6 Å². The molecule has 0 aliphatic carbocycles. The number of carbonyl (C=O) groups excluding carboxylic acids is 1.